The third-order valence-electron chi connectivity index (χ3n) is 1.30. The van der Waals surface area contributed by atoms with Crippen LogP contribution in [0.4, 0.5) is 0 Å². The molecule has 2 N–H and O–H groups in total. The van der Waals surface area contributed by atoms with Crippen LogP contribution in [-0.4, -0.2) is 27.8 Å². The second-order valence-corrected chi connectivity index (χ2v) is 4.28. The summed E-state index contributed by atoms with van der Waals surface area (Å²) in [5.41, 5.74) is 0. The van der Waals surface area contributed by atoms with Gasteiger partial charge < -0.3 is 10.4 Å². The van der Waals surface area contributed by atoms with Gasteiger partial charge in [0.15, 0.2) is 0 Å². The fourth-order valence-corrected chi connectivity index (χ4v) is 0.919. The minimum atomic E-state index is -1.08. The molecule has 0 rings (SSSR count). The summed E-state index contributed by atoms with van der Waals surface area (Å²) in [6.45, 7) is 4.53. The van der Waals surface area contributed by atoms with Crippen molar-refractivity contribution in [2.24, 2.45) is 0 Å². The molecule has 0 saturated heterocycles. The van der Waals surface area contributed by atoms with Crippen LogP contribution in [0, 0.1) is 0 Å². The molecule has 0 heterocycles. The average Bonchev–Trinajstić information content (AvgIpc) is 1.79. The minimum absolute atomic E-state index is 0.371. The zero-order valence-electron chi connectivity index (χ0n) is 7.29. The standard InChI is InChI=1S/C7H13NO3S/c1-4(9)8-5(6(10)11)7(2,3)12/h5,12H,1-3H3,(H,8,9)(H,10,11). The lowest BCUT2D eigenvalue weighted by atomic mass is 10.0. The maximum Gasteiger partial charge on any atom is 0.327 e. The number of carbonyl (C=O) groups is 2. The molecule has 0 aromatic rings. The summed E-state index contributed by atoms with van der Waals surface area (Å²) >= 11 is 4.07. The molecule has 0 aliphatic carbocycles. The number of thiol groups is 1. The molecule has 4 nitrogen and oxygen atoms in total. The summed E-state index contributed by atoms with van der Waals surface area (Å²) < 4.78 is -0.766. The number of carboxylic acid groups (broad SMARTS) is 1. The van der Waals surface area contributed by atoms with Crippen molar-refractivity contribution < 1.29 is 14.7 Å². The van der Waals surface area contributed by atoms with Crippen molar-refractivity contribution in [1.29, 1.82) is 0 Å². The van der Waals surface area contributed by atoms with Gasteiger partial charge in [-0.2, -0.15) is 12.6 Å². The third-order valence-corrected chi connectivity index (χ3v) is 1.56. The summed E-state index contributed by atoms with van der Waals surface area (Å²) in [7, 11) is 0. The molecule has 0 bridgehead atoms. The molecule has 0 fully saturated rings. The Labute approximate surface area is 76.8 Å². The topological polar surface area (TPSA) is 66.4 Å². The number of aliphatic carboxylic acids is 1. The van der Waals surface area contributed by atoms with Crippen molar-refractivity contribution in [3.8, 4) is 0 Å². The predicted molar refractivity (Wildman–Crippen MR) is 48.3 cm³/mol. The van der Waals surface area contributed by atoms with E-state index in [1.807, 2.05) is 0 Å². The van der Waals surface area contributed by atoms with E-state index in [0.29, 0.717) is 0 Å². The molecule has 1 unspecified atom stereocenters. The monoisotopic (exact) mass is 191 g/mol. The van der Waals surface area contributed by atoms with E-state index in [-0.39, 0.29) is 5.91 Å². The highest BCUT2D eigenvalue weighted by atomic mass is 32.1. The first-order chi connectivity index (χ1) is 5.25. The van der Waals surface area contributed by atoms with Crippen LogP contribution in [0.15, 0.2) is 0 Å². The van der Waals surface area contributed by atoms with E-state index in [2.05, 4.69) is 17.9 Å². The molecule has 1 atom stereocenters. The number of amides is 1. The second-order valence-electron chi connectivity index (χ2n) is 3.13. The Balaban J connectivity index is 4.46. The highest BCUT2D eigenvalue weighted by Gasteiger charge is 2.32. The van der Waals surface area contributed by atoms with Gasteiger partial charge in [0.25, 0.3) is 0 Å². The van der Waals surface area contributed by atoms with Crippen molar-refractivity contribution in [3.63, 3.8) is 0 Å². The minimum Gasteiger partial charge on any atom is -0.480 e. The van der Waals surface area contributed by atoms with Crippen LogP contribution < -0.4 is 5.32 Å². The number of rotatable bonds is 3. The van der Waals surface area contributed by atoms with Gasteiger partial charge in [-0.15, -0.1) is 0 Å². The van der Waals surface area contributed by atoms with Gasteiger partial charge in [-0.05, 0) is 13.8 Å². The molecule has 5 heteroatoms. The van der Waals surface area contributed by atoms with Crippen molar-refractivity contribution >= 4 is 24.5 Å². The highest BCUT2D eigenvalue weighted by molar-refractivity contribution is 7.81. The van der Waals surface area contributed by atoms with Crippen molar-refractivity contribution in [2.45, 2.75) is 31.6 Å². The smallest absolute Gasteiger partial charge is 0.327 e. The first-order valence-corrected chi connectivity index (χ1v) is 3.92. The van der Waals surface area contributed by atoms with Crippen molar-refractivity contribution in [2.75, 3.05) is 0 Å². The van der Waals surface area contributed by atoms with Gasteiger partial charge in [0.1, 0.15) is 6.04 Å². The quantitative estimate of drug-likeness (QED) is 0.561. The Kier molecular flexibility index (Phi) is 3.57. The van der Waals surface area contributed by atoms with Crippen LogP contribution in [0.1, 0.15) is 20.8 Å². The first-order valence-electron chi connectivity index (χ1n) is 3.47. The predicted octanol–water partition coefficient (Wildman–Crippen LogP) is 0.284. The molecule has 12 heavy (non-hydrogen) atoms. The fraction of sp³-hybridized carbons (Fsp3) is 0.714. The largest absolute Gasteiger partial charge is 0.480 e. The van der Waals surface area contributed by atoms with Crippen LogP contribution in [0.2, 0.25) is 0 Å². The van der Waals surface area contributed by atoms with E-state index in [9.17, 15) is 9.59 Å². The number of carboxylic acids is 1. The highest BCUT2D eigenvalue weighted by Crippen LogP contribution is 2.17. The molecule has 0 spiro atoms. The molecule has 0 aliphatic rings. The normalized spacial score (nSPS) is 13.7. The molecular weight excluding hydrogens is 178 g/mol. The third kappa shape index (κ3) is 3.61. The van der Waals surface area contributed by atoms with E-state index in [0.717, 1.165) is 0 Å². The van der Waals surface area contributed by atoms with Gasteiger partial charge in [0.2, 0.25) is 5.91 Å². The molecule has 0 radical (unpaired) electrons. The summed E-state index contributed by atoms with van der Waals surface area (Å²) in [6.07, 6.45) is 0. The SMILES string of the molecule is CC(=O)NC(C(=O)O)C(C)(C)S. The van der Waals surface area contributed by atoms with Crippen LogP contribution in [0.25, 0.3) is 0 Å². The summed E-state index contributed by atoms with van der Waals surface area (Å²) in [4.78, 5) is 21.2. The summed E-state index contributed by atoms with van der Waals surface area (Å²) in [6, 6.07) is -0.960. The zero-order chi connectivity index (χ0) is 9.94. The fourth-order valence-electron chi connectivity index (χ4n) is 0.744. The number of nitrogens with one attached hydrogen (secondary N) is 1. The Morgan fingerprint density at radius 3 is 2.00 bits per heavy atom. The van der Waals surface area contributed by atoms with Crippen LogP contribution in [0.3, 0.4) is 0 Å². The lowest BCUT2D eigenvalue weighted by Crippen LogP contribution is -2.50. The molecule has 0 aliphatic heterocycles. The number of carbonyl (C=O) groups excluding carboxylic acids is 1. The van der Waals surface area contributed by atoms with Gasteiger partial charge in [0, 0.05) is 11.7 Å². The van der Waals surface area contributed by atoms with Gasteiger partial charge in [-0.3, -0.25) is 4.79 Å². The van der Waals surface area contributed by atoms with Crippen LogP contribution in [-0.2, 0) is 9.59 Å². The van der Waals surface area contributed by atoms with E-state index in [4.69, 9.17) is 5.11 Å². The van der Waals surface area contributed by atoms with E-state index >= 15 is 0 Å². The molecule has 70 valence electrons. The van der Waals surface area contributed by atoms with Crippen LogP contribution in [0.5, 0.6) is 0 Å². The van der Waals surface area contributed by atoms with Crippen molar-refractivity contribution in [3.05, 3.63) is 0 Å². The van der Waals surface area contributed by atoms with Crippen molar-refractivity contribution in [1.82, 2.24) is 5.32 Å². The van der Waals surface area contributed by atoms with Gasteiger partial charge in [-0.1, -0.05) is 0 Å². The first kappa shape index (κ1) is 11.3. The average molecular weight is 191 g/mol. The summed E-state index contributed by atoms with van der Waals surface area (Å²) in [5, 5.41) is 11.0. The maximum atomic E-state index is 10.6. The molecule has 0 saturated carbocycles. The second kappa shape index (κ2) is 3.80. The molecule has 0 aromatic heterocycles. The summed E-state index contributed by atoms with van der Waals surface area (Å²) in [5.74, 6) is -1.45. The molecular formula is C7H13NO3S. The van der Waals surface area contributed by atoms with Gasteiger partial charge >= 0.3 is 5.97 Å². The Bertz CT molecular complexity index is 197. The van der Waals surface area contributed by atoms with Gasteiger partial charge in [0.05, 0.1) is 0 Å². The molecule has 1 amide bonds. The zero-order valence-corrected chi connectivity index (χ0v) is 8.18. The van der Waals surface area contributed by atoms with Gasteiger partial charge in [-0.25, -0.2) is 4.79 Å². The Morgan fingerprint density at radius 1 is 1.50 bits per heavy atom. The Hall–Kier alpha value is -0.710. The van der Waals surface area contributed by atoms with E-state index in [1.54, 1.807) is 13.8 Å². The maximum absolute atomic E-state index is 10.6. The van der Waals surface area contributed by atoms with Crippen LogP contribution >= 0.6 is 12.6 Å². The number of hydrogen-bond acceptors (Lipinski definition) is 3. The van der Waals surface area contributed by atoms with E-state index < -0.39 is 16.8 Å². The number of hydrogen-bond donors (Lipinski definition) is 3. The van der Waals surface area contributed by atoms with E-state index in [1.165, 1.54) is 6.92 Å². The molecule has 0 aromatic carbocycles. The Morgan fingerprint density at radius 2 is 1.92 bits per heavy atom. The lowest BCUT2D eigenvalue weighted by Gasteiger charge is -2.26. The lowest BCUT2D eigenvalue weighted by molar-refractivity contribution is -0.142.